The van der Waals surface area contributed by atoms with Crippen LogP contribution in [0.5, 0.6) is 0 Å². The molecule has 0 bridgehead atoms. The SMILES string of the molecule is CO[C@@H]1C[C@H](O[C@H]2CC[C@@]3(C)[C@H](CC[C@H]4[C@@H]3CC[C@]3(C)[C@@H](C5=CC(=O)OC5)CC[C@]43O)C2)O[C@H](C)[C@H]1O[C@H]1O[C@@H](CO[C@@H]2O[C@H](CO)[C@@H](O)[C@@H](O)[C@@H]2O)[C@H](O)[C@@H](O)[C@@H]1O. The van der Waals surface area contributed by atoms with Crippen LogP contribution in [0.4, 0.5) is 0 Å². The normalized spacial score (nSPS) is 53.9. The molecular formula is C42H66O17. The van der Waals surface area contributed by atoms with Crippen molar-refractivity contribution in [1.29, 1.82) is 0 Å². The number of rotatable bonds is 10. The number of ether oxygens (including phenoxy) is 8. The van der Waals surface area contributed by atoms with Crippen molar-refractivity contribution < 1.29 is 83.5 Å². The molecule has 4 heterocycles. The summed E-state index contributed by atoms with van der Waals surface area (Å²) in [6, 6.07) is 0. The molecule has 22 atom stereocenters. The van der Waals surface area contributed by atoms with Crippen molar-refractivity contribution in [2.45, 2.75) is 183 Å². The first-order chi connectivity index (χ1) is 28.0. The summed E-state index contributed by atoms with van der Waals surface area (Å²) in [6.07, 6.45) is -7.54. The summed E-state index contributed by atoms with van der Waals surface area (Å²) in [5.41, 5.74) is 0.0761. The second-order valence-electron chi connectivity index (χ2n) is 19.3. The lowest BCUT2D eigenvalue weighted by Gasteiger charge is -2.64. The van der Waals surface area contributed by atoms with Crippen molar-refractivity contribution >= 4 is 5.97 Å². The summed E-state index contributed by atoms with van der Waals surface area (Å²) < 4.78 is 47.2. The van der Waals surface area contributed by atoms with Crippen molar-refractivity contribution in [3.05, 3.63) is 11.6 Å². The van der Waals surface area contributed by atoms with Crippen LogP contribution in [0.1, 0.15) is 85.0 Å². The summed E-state index contributed by atoms with van der Waals surface area (Å²) in [4.78, 5) is 12.0. The zero-order valence-electron chi connectivity index (χ0n) is 34.5. The minimum atomic E-state index is -1.70. The summed E-state index contributed by atoms with van der Waals surface area (Å²) >= 11 is 0. The first-order valence-corrected chi connectivity index (χ1v) is 21.7. The molecule has 4 aliphatic heterocycles. The maximum Gasteiger partial charge on any atom is 0.331 e. The van der Waals surface area contributed by atoms with Gasteiger partial charge in [0.1, 0.15) is 61.5 Å². The van der Waals surface area contributed by atoms with Gasteiger partial charge in [0.2, 0.25) is 0 Å². The van der Waals surface area contributed by atoms with Gasteiger partial charge < -0.3 is 78.7 Å². The van der Waals surface area contributed by atoms with Gasteiger partial charge in [-0.05, 0) is 99.4 Å². The van der Waals surface area contributed by atoms with Crippen molar-refractivity contribution in [1.82, 2.24) is 0 Å². The van der Waals surface area contributed by atoms with E-state index < -0.39 is 105 Å². The molecule has 0 unspecified atom stereocenters. The summed E-state index contributed by atoms with van der Waals surface area (Å²) in [5, 5.41) is 85.0. The fourth-order valence-electron chi connectivity index (χ4n) is 12.9. The number of aliphatic hydroxyl groups excluding tert-OH is 7. The van der Waals surface area contributed by atoms with E-state index in [-0.39, 0.29) is 34.7 Å². The lowest BCUT2D eigenvalue weighted by molar-refractivity contribution is -0.355. The third-order valence-electron chi connectivity index (χ3n) is 16.4. The first-order valence-electron chi connectivity index (χ1n) is 21.7. The van der Waals surface area contributed by atoms with Crippen LogP contribution in [0, 0.1) is 34.5 Å². The summed E-state index contributed by atoms with van der Waals surface area (Å²) in [6.45, 7) is 5.69. The molecule has 8 rings (SSSR count). The van der Waals surface area contributed by atoms with Gasteiger partial charge in [0, 0.05) is 25.0 Å². The molecule has 4 aliphatic carbocycles. The summed E-state index contributed by atoms with van der Waals surface area (Å²) in [5.74, 6) is 0.957. The van der Waals surface area contributed by atoms with E-state index in [2.05, 4.69) is 13.8 Å². The molecular weight excluding hydrogens is 776 g/mol. The molecule has 3 saturated heterocycles. The predicted octanol–water partition coefficient (Wildman–Crippen LogP) is -0.212. The fourth-order valence-corrected chi connectivity index (χ4v) is 12.9. The Hall–Kier alpha value is -1.39. The number of carbonyl (C=O) groups excluding carboxylic acids is 1. The number of carbonyl (C=O) groups is 1. The van der Waals surface area contributed by atoms with Crippen LogP contribution in [0.25, 0.3) is 0 Å². The lowest BCUT2D eigenvalue weighted by Crippen LogP contribution is -2.63. The Morgan fingerprint density at radius 3 is 2.19 bits per heavy atom. The average Bonchev–Trinajstić information content (AvgIpc) is 3.77. The van der Waals surface area contributed by atoms with E-state index in [4.69, 9.17) is 37.9 Å². The van der Waals surface area contributed by atoms with E-state index in [0.29, 0.717) is 24.9 Å². The zero-order valence-corrected chi connectivity index (χ0v) is 34.5. The van der Waals surface area contributed by atoms with Crippen LogP contribution in [-0.2, 0) is 42.7 Å². The molecule has 0 spiro atoms. The maximum atomic E-state index is 12.6. The van der Waals surface area contributed by atoms with Gasteiger partial charge in [-0.2, -0.15) is 0 Å². The fraction of sp³-hybridized carbons (Fsp3) is 0.929. The zero-order chi connectivity index (χ0) is 42.2. The maximum absolute atomic E-state index is 12.6. The number of hydrogen-bond donors (Lipinski definition) is 8. The van der Waals surface area contributed by atoms with E-state index >= 15 is 0 Å². The van der Waals surface area contributed by atoms with Crippen molar-refractivity contribution in [2.75, 3.05) is 26.9 Å². The molecule has 17 heteroatoms. The van der Waals surface area contributed by atoms with Crippen LogP contribution >= 0.6 is 0 Å². The van der Waals surface area contributed by atoms with Gasteiger partial charge in [0.05, 0.1) is 37.1 Å². The van der Waals surface area contributed by atoms with Crippen molar-refractivity contribution in [2.24, 2.45) is 34.5 Å². The number of cyclic esters (lactones) is 1. The third kappa shape index (κ3) is 7.64. The molecule has 8 N–H and O–H groups in total. The summed E-state index contributed by atoms with van der Waals surface area (Å²) in [7, 11) is 1.54. The Balaban J connectivity index is 0.857. The number of esters is 1. The topological polar surface area (TPSA) is 253 Å². The van der Waals surface area contributed by atoms with Gasteiger partial charge in [-0.15, -0.1) is 0 Å². The molecule has 0 aromatic carbocycles. The van der Waals surface area contributed by atoms with Gasteiger partial charge >= 0.3 is 5.97 Å². The van der Waals surface area contributed by atoms with E-state index in [1.165, 1.54) is 0 Å². The standard InChI is InChI=1S/C42H66O17/c1-19-37(59-39-36(50)34(48)32(46)28(58-39)18-54-38-35(49)33(47)31(45)27(16-43)57-38)26(52-4)15-30(55-19)56-22-7-10-40(2)21(14-22)5-6-25-24(40)8-11-41(3)23(9-12-42(25,41)51)20-13-29(44)53-17-20/h13,19,21-28,30-39,43,45-51H,5-12,14-18H2,1-4H3/t19-,21-,22+,23-,24+,25+,26-,27-,28+,30+,31-,32+,33-,34-,35+,36+,37-,38-,39-,40+,41-,42+/m1/s1. The average molecular weight is 843 g/mol. The highest BCUT2D eigenvalue weighted by Gasteiger charge is 2.68. The Bertz CT molecular complexity index is 1530. The van der Waals surface area contributed by atoms with Gasteiger partial charge in [0.25, 0.3) is 0 Å². The number of hydrogen-bond acceptors (Lipinski definition) is 17. The highest BCUT2D eigenvalue weighted by molar-refractivity contribution is 5.85. The van der Waals surface area contributed by atoms with E-state index in [1.54, 1.807) is 20.1 Å². The molecule has 0 aromatic heterocycles. The van der Waals surface area contributed by atoms with Gasteiger partial charge in [-0.25, -0.2) is 4.79 Å². The van der Waals surface area contributed by atoms with Gasteiger partial charge in [-0.1, -0.05) is 13.8 Å². The molecule has 0 aromatic rings. The number of aliphatic hydroxyl groups is 8. The van der Waals surface area contributed by atoms with Gasteiger partial charge in [0.15, 0.2) is 18.9 Å². The van der Waals surface area contributed by atoms with Crippen LogP contribution in [0.2, 0.25) is 0 Å². The lowest BCUT2D eigenvalue weighted by atomic mass is 9.43. The van der Waals surface area contributed by atoms with Crippen molar-refractivity contribution in [3.63, 3.8) is 0 Å². The molecule has 8 aliphatic rings. The van der Waals surface area contributed by atoms with E-state index in [9.17, 15) is 45.6 Å². The largest absolute Gasteiger partial charge is 0.458 e. The Kier molecular flexibility index (Phi) is 12.7. The Labute approximate surface area is 344 Å². The first kappa shape index (κ1) is 44.2. The van der Waals surface area contributed by atoms with E-state index in [0.717, 1.165) is 63.4 Å². The molecule has 59 heavy (non-hydrogen) atoms. The van der Waals surface area contributed by atoms with Crippen LogP contribution in [-0.4, -0.2) is 171 Å². The monoisotopic (exact) mass is 842 g/mol. The second-order valence-corrected chi connectivity index (χ2v) is 19.3. The highest BCUT2D eigenvalue weighted by Crippen LogP contribution is 2.70. The molecule has 4 saturated carbocycles. The van der Waals surface area contributed by atoms with Crippen molar-refractivity contribution in [3.8, 4) is 0 Å². The molecule has 0 radical (unpaired) electrons. The molecule has 17 nitrogen and oxygen atoms in total. The smallest absolute Gasteiger partial charge is 0.331 e. The quantitative estimate of drug-likeness (QED) is 0.105. The minimum Gasteiger partial charge on any atom is -0.458 e. The minimum absolute atomic E-state index is 0.0268. The Morgan fingerprint density at radius 2 is 1.49 bits per heavy atom. The molecule has 336 valence electrons. The van der Waals surface area contributed by atoms with Crippen LogP contribution in [0.15, 0.2) is 11.6 Å². The van der Waals surface area contributed by atoms with Gasteiger partial charge in [-0.3, -0.25) is 0 Å². The molecule has 7 fully saturated rings. The van der Waals surface area contributed by atoms with Crippen LogP contribution < -0.4 is 0 Å². The van der Waals surface area contributed by atoms with E-state index in [1.807, 2.05) is 0 Å². The number of methoxy groups -OCH3 is 1. The molecule has 0 amide bonds. The number of fused-ring (bicyclic) bond motifs is 5. The second kappa shape index (κ2) is 17.0. The van der Waals surface area contributed by atoms with Crippen LogP contribution in [0.3, 0.4) is 0 Å². The predicted molar refractivity (Wildman–Crippen MR) is 202 cm³/mol. The Morgan fingerprint density at radius 1 is 0.780 bits per heavy atom. The highest BCUT2D eigenvalue weighted by atomic mass is 16.8. The third-order valence-corrected chi connectivity index (χ3v) is 16.4.